The summed E-state index contributed by atoms with van der Waals surface area (Å²) in [4.78, 5) is 8.39. The van der Waals surface area contributed by atoms with Crippen LogP contribution in [-0.2, 0) is 0 Å². The molecule has 2 heterocycles. The van der Waals surface area contributed by atoms with Gasteiger partial charge in [-0.2, -0.15) is 0 Å². The lowest BCUT2D eigenvalue weighted by Gasteiger charge is -1.90. The van der Waals surface area contributed by atoms with Gasteiger partial charge in [-0.05, 0) is 28.7 Å². The molecule has 2 rings (SSSR count). The van der Waals surface area contributed by atoms with E-state index in [1.54, 1.807) is 6.33 Å². The molecule has 0 saturated heterocycles. The fraction of sp³-hybridized carbons (Fsp3) is 0. The molecule has 0 aromatic carbocycles. The highest BCUT2D eigenvalue weighted by Gasteiger charge is 2.00. The van der Waals surface area contributed by atoms with Crippen LogP contribution in [0.5, 0.6) is 0 Å². The summed E-state index contributed by atoms with van der Waals surface area (Å²) >= 11 is 4.38. The van der Waals surface area contributed by atoms with E-state index in [4.69, 9.17) is 0 Å². The van der Waals surface area contributed by atoms with Gasteiger partial charge in [-0.3, -0.25) is 2.78 Å². The van der Waals surface area contributed by atoms with Crippen LogP contribution in [0.3, 0.4) is 0 Å². The van der Waals surface area contributed by atoms with Gasteiger partial charge in [-0.1, -0.05) is 0 Å². The Bertz CT molecular complexity index is 396. The maximum Gasteiger partial charge on any atom is 0.168 e. The predicted octanol–water partition coefficient (Wildman–Crippen LogP) is 2.23. The number of hydrogen-bond acceptors (Lipinski definition) is 2. The molecule has 0 N–H and O–H groups in total. The first-order valence-corrected chi connectivity index (χ1v) is 4.96. The zero-order valence-electron chi connectivity index (χ0n) is 5.33. The molecule has 0 spiro atoms. The third-order valence-corrected chi connectivity index (χ3v) is 2.61. The average molecular weight is 371 g/mol. The molecule has 3 nitrogen and oxygen atoms in total. The molecule has 0 amide bonds. The molecule has 56 valence electrons. The molecule has 0 fully saturated rings. The topological polar surface area (TPSA) is 30.7 Å². The SMILES string of the molecule is Ic1cnc2c(c1)ncn2I. The molecule has 0 bridgehead atoms. The van der Waals surface area contributed by atoms with Crippen LogP contribution >= 0.6 is 45.5 Å². The fourth-order valence-electron chi connectivity index (χ4n) is 0.849. The Hall–Kier alpha value is 0.0800. The largest absolute Gasteiger partial charge is 0.255 e. The van der Waals surface area contributed by atoms with Crippen LogP contribution in [0.1, 0.15) is 0 Å². The third-order valence-electron chi connectivity index (χ3n) is 1.31. The minimum Gasteiger partial charge on any atom is -0.255 e. The molecule has 11 heavy (non-hydrogen) atoms. The second kappa shape index (κ2) is 2.85. The monoisotopic (exact) mass is 371 g/mol. The Balaban J connectivity index is 2.86. The number of hydrogen-bond donors (Lipinski definition) is 0. The highest BCUT2D eigenvalue weighted by molar-refractivity contribution is 14.1. The van der Waals surface area contributed by atoms with Crippen molar-refractivity contribution < 1.29 is 0 Å². The highest BCUT2D eigenvalue weighted by atomic mass is 127. The molecule has 0 aliphatic carbocycles. The van der Waals surface area contributed by atoms with Crippen LogP contribution in [0.25, 0.3) is 11.2 Å². The smallest absolute Gasteiger partial charge is 0.168 e. The summed E-state index contributed by atoms with van der Waals surface area (Å²) in [6, 6.07) is 2.01. The lowest BCUT2D eigenvalue weighted by Crippen LogP contribution is -1.81. The van der Waals surface area contributed by atoms with E-state index in [0.717, 1.165) is 14.7 Å². The van der Waals surface area contributed by atoms with Crippen LogP contribution in [0.4, 0.5) is 0 Å². The van der Waals surface area contributed by atoms with E-state index >= 15 is 0 Å². The van der Waals surface area contributed by atoms with E-state index in [9.17, 15) is 0 Å². The first-order valence-electron chi connectivity index (χ1n) is 2.92. The average Bonchev–Trinajstić information content (AvgIpc) is 2.32. The van der Waals surface area contributed by atoms with Gasteiger partial charge in [0.05, 0.1) is 22.9 Å². The van der Waals surface area contributed by atoms with Crippen molar-refractivity contribution in [2.24, 2.45) is 0 Å². The van der Waals surface area contributed by atoms with Crippen molar-refractivity contribution in [1.82, 2.24) is 12.7 Å². The second-order valence-corrected chi connectivity index (χ2v) is 4.34. The summed E-state index contributed by atoms with van der Waals surface area (Å²) in [6.45, 7) is 0. The number of nitrogens with zero attached hydrogens (tertiary/aromatic N) is 3. The third kappa shape index (κ3) is 1.35. The molecule has 2 aromatic heterocycles. The van der Waals surface area contributed by atoms with Crippen LogP contribution in [0, 0.1) is 3.57 Å². The molecule has 2 aromatic rings. The van der Waals surface area contributed by atoms with Crippen molar-refractivity contribution >= 4 is 56.6 Å². The highest BCUT2D eigenvalue weighted by Crippen LogP contribution is 2.14. The minimum atomic E-state index is 0.922. The predicted molar refractivity (Wildman–Crippen MR) is 59.7 cm³/mol. The molecular weight excluding hydrogens is 368 g/mol. The summed E-state index contributed by atoms with van der Waals surface area (Å²) in [7, 11) is 0. The number of fused-ring (bicyclic) bond motifs is 1. The van der Waals surface area contributed by atoms with Gasteiger partial charge >= 0.3 is 0 Å². The lowest BCUT2D eigenvalue weighted by molar-refractivity contribution is 1.27. The Morgan fingerprint density at radius 3 is 3.00 bits per heavy atom. The Labute approximate surface area is 90.9 Å². The first kappa shape index (κ1) is 7.71. The van der Waals surface area contributed by atoms with Gasteiger partial charge in [0.2, 0.25) is 0 Å². The van der Waals surface area contributed by atoms with Gasteiger partial charge < -0.3 is 0 Å². The Kier molecular flexibility index (Phi) is 2.00. The van der Waals surface area contributed by atoms with E-state index in [-0.39, 0.29) is 0 Å². The maximum absolute atomic E-state index is 4.23. The summed E-state index contributed by atoms with van der Waals surface area (Å²) in [5.41, 5.74) is 1.87. The number of aromatic nitrogens is 3. The van der Waals surface area contributed by atoms with E-state index in [0.29, 0.717) is 0 Å². The van der Waals surface area contributed by atoms with Gasteiger partial charge in [-0.25, -0.2) is 9.97 Å². The second-order valence-electron chi connectivity index (χ2n) is 2.05. The van der Waals surface area contributed by atoms with Crippen molar-refractivity contribution in [3.8, 4) is 0 Å². The van der Waals surface area contributed by atoms with E-state index in [1.807, 2.05) is 15.0 Å². The minimum absolute atomic E-state index is 0.922. The normalized spacial score (nSPS) is 10.7. The van der Waals surface area contributed by atoms with Crippen LogP contribution in [-0.4, -0.2) is 12.7 Å². The van der Waals surface area contributed by atoms with Gasteiger partial charge in [0, 0.05) is 9.77 Å². The van der Waals surface area contributed by atoms with E-state index in [1.165, 1.54) is 0 Å². The summed E-state index contributed by atoms with van der Waals surface area (Å²) in [5.74, 6) is 0. The van der Waals surface area contributed by atoms with Gasteiger partial charge in [0.1, 0.15) is 11.8 Å². The van der Waals surface area contributed by atoms with Crippen molar-refractivity contribution in [2.45, 2.75) is 0 Å². The van der Waals surface area contributed by atoms with Crippen molar-refractivity contribution in [3.05, 3.63) is 22.2 Å². The van der Waals surface area contributed by atoms with Crippen molar-refractivity contribution in [3.63, 3.8) is 0 Å². The van der Waals surface area contributed by atoms with Crippen LogP contribution in [0.2, 0.25) is 0 Å². The van der Waals surface area contributed by atoms with Gasteiger partial charge in [0.25, 0.3) is 0 Å². The lowest BCUT2D eigenvalue weighted by atomic mass is 10.4. The Morgan fingerprint density at radius 1 is 1.36 bits per heavy atom. The summed E-state index contributed by atoms with van der Waals surface area (Å²) < 4.78 is 2.99. The van der Waals surface area contributed by atoms with Crippen LogP contribution in [0.15, 0.2) is 18.6 Å². The number of imidazole rings is 1. The number of halogens is 2. The molecule has 0 atom stereocenters. The molecule has 0 aliphatic heterocycles. The standard InChI is InChI=1S/C6H3I2N3/c7-4-1-5-6(9-2-4)11(8)3-10-5/h1-3H. The zero-order chi connectivity index (χ0) is 7.84. The zero-order valence-corrected chi connectivity index (χ0v) is 9.64. The fourth-order valence-corrected chi connectivity index (χ4v) is 1.78. The van der Waals surface area contributed by atoms with E-state index in [2.05, 4.69) is 55.4 Å². The molecule has 0 radical (unpaired) electrons. The molecule has 0 unspecified atom stereocenters. The Morgan fingerprint density at radius 2 is 2.18 bits per heavy atom. The first-order chi connectivity index (χ1) is 5.27. The summed E-state index contributed by atoms with van der Waals surface area (Å²) in [6.07, 6.45) is 3.59. The molecule has 0 aliphatic rings. The van der Waals surface area contributed by atoms with E-state index < -0.39 is 0 Å². The van der Waals surface area contributed by atoms with Crippen LogP contribution < -0.4 is 0 Å². The molecule has 5 heteroatoms. The van der Waals surface area contributed by atoms with Crippen molar-refractivity contribution in [1.29, 1.82) is 0 Å². The van der Waals surface area contributed by atoms with Gasteiger partial charge in [0.15, 0.2) is 5.65 Å². The van der Waals surface area contributed by atoms with Gasteiger partial charge in [-0.15, -0.1) is 0 Å². The maximum atomic E-state index is 4.23. The summed E-state index contributed by atoms with van der Waals surface area (Å²) in [5, 5.41) is 0. The molecule has 0 saturated carbocycles. The molecular formula is C6H3I2N3. The quantitative estimate of drug-likeness (QED) is 0.666. The number of pyridine rings is 1. The van der Waals surface area contributed by atoms with Crippen molar-refractivity contribution in [2.75, 3.05) is 0 Å². The number of rotatable bonds is 0.